The Labute approximate surface area is 161 Å². The number of fused-ring (bicyclic) bond motifs is 4. The van der Waals surface area contributed by atoms with E-state index in [0.717, 1.165) is 0 Å². The first-order valence-corrected chi connectivity index (χ1v) is 8.76. The predicted octanol–water partition coefficient (Wildman–Crippen LogP) is 1.08. The highest BCUT2D eigenvalue weighted by Crippen LogP contribution is 2.64. The Balaban J connectivity index is 1.87. The van der Waals surface area contributed by atoms with E-state index in [0.29, 0.717) is 0 Å². The molecular weight excluding hydrogens is 448 g/mol. The first kappa shape index (κ1) is 19.4. The lowest BCUT2D eigenvalue weighted by Gasteiger charge is -2.13. The molecule has 0 unspecified atom stereocenters. The number of aromatic hydroxyl groups is 5. The topological polar surface area (TPSA) is 175 Å². The SMILES string of the molecule is O=S(=O)(On1c(O)c2c(c1O)-c1c-2c(O)n(O)c1O)c1c(F)c(F)c(O)c(F)c1F. The van der Waals surface area contributed by atoms with Gasteiger partial charge in [0.15, 0.2) is 22.3 Å². The van der Waals surface area contributed by atoms with Gasteiger partial charge in [-0.15, -0.1) is 4.73 Å². The van der Waals surface area contributed by atoms with E-state index in [1.54, 1.807) is 0 Å². The Morgan fingerprint density at radius 2 is 1.03 bits per heavy atom. The van der Waals surface area contributed by atoms with Gasteiger partial charge in [-0.1, -0.05) is 4.73 Å². The van der Waals surface area contributed by atoms with Crippen molar-refractivity contribution in [2.45, 2.75) is 4.90 Å². The molecule has 0 spiro atoms. The summed E-state index contributed by atoms with van der Waals surface area (Å²) in [6.45, 7) is 0. The van der Waals surface area contributed by atoms with E-state index in [9.17, 15) is 51.6 Å². The number of rotatable bonds is 3. The van der Waals surface area contributed by atoms with Crippen molar-refractivity contribution in [1.82, 2.24) is 9.46 Å². The van der Waals surface area contributed by atoms with Crippen LogP contribution < -0.4 is 4.28 Å². The van der Waals surface area contributed by atoms with Crippen LogP contribution in [0.3, 0.4) is 0 Å². The minimum Gasteiger partial charge on any atom is -0.503 e. The Kier molecular flexibility index (Phi) is 3.59. The molecule has 4 rings (SSSR count). The Morgan fingerprint density at radius 1 is 0.667 bits per heavy atom. The van der Waals surface area contributed by atoms with Crippen LogP contribution in [0.15, 0.2) is 4.90 Å². The van der Waals surface area contributed by atoms with Crippen LogP contribution in [0.25, 0.3) is 22.3 Å². The molecule has 1 aliphatic carbocycles. The summed E-state index contributed by atoms with van der Waals surface area (Å²) in [5, 5.41) is 57.8. The standard InChI is InChI=1S/C14H6F4N2O9S/c15-5-7(17)10(8(18)6(16)9(5)21)30(27,28)29-20-13(24)3-1-2(4(3)14(20)25)12(23)19(26)11(1)22/h21-26H. The minimum absolute atomic E-state index is 0.127. The number of phenols is 1. The van der Waals surface area contributed by atoms with Crippen molar-refractivity contribution in [3.05, 3.63) is 23.3 Å². The van der Waals surface area contributed by atoms with Crippen LogP contribution in [0.5, 0.6) is 29.3 Å². The number of halogens is 4. The van der Waals surface area contributed by atoms with Crippen molar-refractivity contribution in [1.29, 1.82) is 0 Å². The second kappa shape index (κ2) is 5.56. The lowest BCUT2D eigenvalue weighted by molar-refractivity contribution is 0.131. The van der Waals surface area contributed by atoms with Crippen LogP contribution >= 0.6 is 0 Å². The molecule has 0 saturated heterocycles. The summed E-state index contributed by atoms with van der Waals surface area (Å²) >= 11 is 0. The monoisotopic (exact) mass is 454 g/mol. The zero-order valence-corrected chi connectivity index (χ0v) is 14.5. The van der Waals surface area contributed by atoms with E-state index in [4.69, 9.17) is 5.11 Å². The number of nitrogens with zero attached hydrogens (tertiary/aromatic N) is 2. The van der Waals surface area contributed by atoms with Crippen molar-refractivity contribution in [3.8, 4) is 51.5 Å². The van der Waals surface area contributed by atoms with Gasteiger partial charge in [-0.2, -0.15) is 17.2 Å². The smallest absolute Gasteiger partial charge is 0.363 e. The van der Waals surface area contributed by atoms with Gasteiger partial charge in [-0.05, 0) is 0 Å². The van der Waals surface area contributed by atoms with E-state index in [2.05, 4.69) is 4.28 Å². The van der Waals surface area contributed by atoms with E-state index < -0.39 is 89.8 Å². The first-order valence-electron chi connectivity index (χ1n) is 7.36. The third-order valence-electron chi connectivity index (χ3n) is 4.30. The maximum atomic E-state index is 13.9. The van der Waals surface area contributed by atoms with Gasteiger partial charge in [-0.25, -0.2) is 8.78 Å². The molecule has 2 heterocycles. The highest BCUT2D eigenvalue weighted by atomic mass is 32.2. The quantitative estimate of drug-likeness (QED) is 0.150. The molecule has 0 fully saturated rings. The summed E-state index contributed by atoms with van der Waals surface area (Å²) in [5.41, 5.74) is -1.97. The lowest BCUT2D eigenvalue weighted by Crippen LogP contribution is -2.23. The van der Waals surface area contributed by atoms with Gasteiger partial charge in [-0.3, -0.25) is 4.28 Å². The van der Waals surface area contributed by atoms with Crippen molar-refractivity contribution < 1.29 is 61.0 Å². The summed E-state index contributed by atoms with van der Waals surface area (Å²) < 4.78 is 82.8. The Morgan fingerprint density at radius 3 is 1.43 bits per heavy atom. The largest absolute Gasteiger partial charge is 0.503 e. The van der Waals surface area contributed by atoms with Crippen LogP contribution in [0.4, 0.5) is 17.6 Å². The molecule has 0 radical (unpaired) electrons. The number of hydrogen-bond donors (Lipinski definition) is 6. The summed E-state index contributed by atoms with van der Waals surface area (Å²) in [5.74, 6) is -16.8. The summed E-state index contributed by atoms with van der Waals surface area (Å²) in [7, 11) is -5.83. The summed E-state index contributed by atoms with van der Waals surface area (Å²) in [6.07, 6.45) is 0. The van der Waals surface area contributed by atoms with E-state index in [-0.39, 0.29) is 9.46 Å². The third kappa shape index (κ3) is 2.04. The predicted molar refractivity (Wildman–Crippen MR) is 82.4 cm³/mol. The molecule has 0 atom stereocenters. The maximum Gasteiger partial charge on any atom is 0.363 e. The van der Waals surface area contributed by atoms with Crippen LogP contribution in [0, 0.1) is 23.3 Å². The zero-order valence-electron chi connectivity index (χ0n) is 13.7. The molecule has 30 heavy (non-hydrogen) atoms. The van der Waals surface area contributed by atoms with Crippen LogP contribution in [0.2, 0.25) is 0 Å². The molecular formula is C14H6F4N2O9S. The molecule has 16 heteroatoms. The fraction of sp³-hybridized carbons (Fsp3) is 0. The molecule has 1 aliphatic rings. The van der Waals surface area contributed by atoms with E-state index in [1.165, 1.54) is 0 Å². The zero-order chi connectivity index (χ0) is 22.4. The second-order valence-electron chi connectivity index (χ2n) is 5.86. The molecule has 0 amide bonds. The second-order valence-corrected chi connectivity index (χ2v) is 7.33. The molecule has 0 saturated carbocycles. The Bertz CT molecular complexity index is 1310. The van der Waals surface area contributed by atoms with Crippen LogP contribution in [-0.2, 0) is 10.1 Å². The number of benzene rings is 1. The molecule has 1 aromatic carbocycles. The van der Waals surface area contributed by atoms with Crippen LogP contribution in [-0.4, -0.2) is 48.6 Å². The van der Waals surface area contributed by atoms with Gasteiger partial charge in [0.25, 0.3) is 0 Å². The average Bonchev–Trinajstić information content (AvgIpc) is 2.95. The highest BCUT2D eigenvalue weighted by molar-refractivity contribution is 7.87. The summed E-state index contributed by atoms with van der Waals surface area (Å²) in [6, 6.07) is 0. The molecule has 2 aromatic heterocycles. The Hall–Kier alpha value is -3.95. The number of aromatic nitrogens is 2. The van der Waals surface area contributed by atoms with E-state index >= 15 is 0 Å². The molecule has 3 aromatic rings. The molecule has 11 nitrogen and oxygen atoms in total. The fourth-order valence-corrected chi connectivity index (χ4v) is 4.00. The average molecular weight is 454 g/mol. The van der Waals surface area contributed by atoms with Crippen molar-refractivity contribution in [2.24, 2.45) is 0 Å². The lowest BCUT2D eigenvalue weighted by atomic mass is 9.86. The summed E-state index contributed by atoms with van der Waals surface area (Å²) in [4.78, 5) is -2.32. The van der Waals surface area contributed by atoms with Crippen molar-refractivity contribution in [2.75, 3.05) is 0 Å². The molecule has 0 aliphatic heterocycles. The minimum atomic E-state index is -5.83. The number of phenolic OH excluding ortho intramolecular Hbond substituents is 1. The maximum absolute atomic E-state index is 13.9. The van der Waals surface area contributed by atoms with Gasteiger partial charge >= 0.3 is 10.1 Å². The van der Waals surface area contributed by atoms with Crippen LogP contribution in [0.1, 0.15) is 0 Å². The van der Waals surface area contributed by atoms with Gasteiger partial charge in [0.1, 0.15) is 0 Å². The third-order valence-corrected chi connectivity index (χ3v) is 5.51. The van der Waals surface area contributed by atoms with E-state index in [1.807, 2.05) is 0 Å². The van der Waals surface area contributed by atoms with Crippen molar-refractivity contribution in [3.63, 3.8) is 0 Å². The van der Waals surface area contributed by atoms with Gasteiger partial charge in [0, 0.05) is 0 Å². The number of hydrogen-bond acceptors (Lipinski definition) is 9. The van der Waals surface area contributed by atoms with Gasteiger partial charge in [0.2, 0.25) is 35.2 Å². The molecule has 6 N–H and O–H groups in total. The fourth-order valence-electron chi connectivity index (χ4n) is 2.97. The normalized spacial score (nSPS) is 12.4. The van der Waals surface area contributed by atoms with Gasteiger partial charge in [0.05, 0.1) is 22.3 Å². The van der Waals surface area contributed by atoms with Gasteiger partial charge < -0.3 is 30.7 Å². The van der Waals surface area contributed by atoms with Crippen molar-refractivity contribution >= 4 is 10.1 Å². The first-order chi connectivity index (χ1) is 13.8. The molecule has 160 valence electrons. The molecule has 0 bridgehead atoms. The highest BCUT2D eigenvalue weighted by Gasteiger charge is 2.45.